The molecule has 2 heterocycles. The van der Waals surface area contributed by atoms with Gasteiger partial charge in [0.1, 0.15) is 11.5 Å². The standard InChI is InChI=1S/C20H20N2O5/c1-25-20(24)15-5-2-6-16(11-15)21-19(23)14-22(12-17-7-3-9-26-17)13-18-8-4-10-27-18/h2-11H,12-14H2,1H3,(H,21,23). The lowest BCUT2D eigenvalue weighted by Gasteiger charge is -2.19. The third-order valence-electron chi connectivity index (χ3n) is 3.85. The van der Waals surface area contributed by atoms with E-state index in [2.05, 4.69) is 5.32 Å². The van der Waals surface area contributed by atoms with E-state index in [1.807, 2.05) is 17.0 Å². The first-order valence-electron chi connectivity index (χ1n) is 8.39. The molecule has 1 N–H and O–H groups in total. The summed E-state index contributed by atoms with van der Waals surface area (Å²) in [6.45, 7) is 1.05. The number of carbonyl (C=O) groups is 2. The molecule has 0 saturated carbocycles. The molecule has 3 rings (SSSR count). The van der Waals surface area contributed by atoms with Gasteiger partial charge in [-0.05, 0) is 42.5 Å². The van der Waals surface area contributed by atoms with E-state index in [4.69, 9.17) is 13.6 Å². The summed E-state index contributed by atoms with van der Waals surface area (Å²) >= 11 is 0. The Bertz CT molecular complexity index is 835. The number of hydrogen-bond acceptors (Lipinski definition) is 6. The van der Waals surface area contributed by atoms with Gasteiger partial charge in [0, 0.05) is 5.69 Å². The third-order valence-corrected chi connectivity index (χ3v) is 3.85. The minimum atomic E-state index is -0.455. The van der Waals surface area contributed by atoms with E-state index < -0.39 is 5.97 Å². The molecule has 3 aromatic rings. The summed E-state index contributed by atoms with van der Waals surface area (Å²) in [7, 11) is 1.31. The Hall–Kier alpha value is -3.32. The van der Waals surface area contributed by atoms with Gasteiger partial charge in [-0.3, -0.25) is 9.69 Å². The van der Waals surface area contributed by atoms with Crippen LogP contribution in [0.2, 0.25) is 0 Å². The third kappa shape index (κ3) is 5.32. The largest absolute Gasteiger partial charge is 0.468 e. The fourth-order valence-corrected chi connectivity index (χ4v) is 2.66. The average molecular weight is 368 g/mol. The zero-order valence-corrected chi connectivity index (χ0v) is 14.9. The van der Waals surface area contributed by atoms with E-state index in [0.29, 0.717) is 24.3 Å². The van der Waals surface area contributed by atoms with Crippen molar-refractivity contribution in [2.24, 2.45) is 0 Å². The van der Waals surface area contributed by atoms with Crippen molar-refractivity contribution in [2.45, 2.75) is 13.1 Å². The number of furan rings is 2. The molecule has 0 bridgehead atoms. The smallest absolute Gasteiger partial charge is 0.337 e. The van der Waals surface area contributed by atoms with E-state index >= 15 is 0 Å². The highest BCUT2D eigenvalue weighted by Gasteiger charge is 2.15. The average Bonchev–Trinajstić information content (AvgIpc) is 3.35. The first kappa shape index (κ1) is 18.5. The number of carbonyl (C=O) groups excluding carboxylic acids is 2. The van der Waals surface area contributed by atoms with Crippen LogP contribution in [0.1, 0.15) is 21.9 Å². The fourth-order valence-electron chi connectivity index (χ4n) is 2.66. The fraction of sp³-hybridized carbons (Fsp3) is 0.200. The van der Waals surface area contributed by atoms with Crippen molar-refractivity contribution in [3.8, 4) is 0 Å². The van der Waals surface area contributed by atoms with Crippen molar-refractivity contribution in [1.82, 2.24) is 4.90 Å². The molecule has 0 fully saturated rings. The van der Waals surface area contributed by atoms with Crippen LogP contribution >= 0.6 is 0 Å². The molecular weight excluding hydrogens is 348 g/mol. The maximum atomic E-state index is 12.5. The van der Waals surface area contributed by atoms with Crippen LogP contribution in [0.4, 0.5) is 5.69 Å². The number of rotatable bonds is 8. The molecule has 0 atom stereocenters. The SMILES string of the molecule is COC(=O)c1cccc(NC(=O)CN(Cc2ccco2)Cc2ccco2)c1. The highest BCUT2D eigenvalue weighted by Crippen LogP contribution is 2.14. The number of nitrogens with zero attached hydrogens (tertiary/aromatic N) is 1. The van der Waals surface area contributed by atoms with Crippen molar-refractivity contribution in [2.75, 3.05) is 19.0 Å². The Labute approximate surface area is 156 Å². The number of ether oxygens (including phenoxy) is 1. The van der Waals surface area contributed by atoms with Gasteiger partial charge in [0.25, 0.3) is 0 Å². The van der Waals surface area contributed by atoms with E-state index in [9.17, 15) is 9.59 Å². The van der Waals surface area contributed by atoms with Gasteiger partial charge in [0.15, 0.2) is 0 Å². The van der Waals surface area contributed by atoms with Crippen LogP contribution in [-0.4, -0.2) is 30.4 Å². The lowest BCUT2D eigenvalue weighted by molar-refractivity contribution is -0.117. The van der Waals surface area contributed by atoms with E-state index in [0.717, 1.165) is 11.5 Å². The Kier molecular flexibility index (Phi) is 6.06. The number of esters is 1. The molecule has 0 aliphatic heterocycles. The highest BCUT2D eigenvalue weighted by atomic mass is 16.5. The molecule has 0 unspecified atom stereocenters. The van der Waals surface area contributed by atoms with Crippen LogP contribution in [0.5, 0.6) is 0 Å². The second-order valence-corrected chi connectivity index (χ2v) is 5.92. The minimum absolute atomic E-state index is 0.129. The van der Waals surface area contributed by atoms with E-state index in [1.165, 1.54) is 7.11 Å². The second-order valence-electron chi connectivity index (χ2n) is 5.92. The van der Waals surface area contributed by atoms with Gasteiger partial charge in [-0.25, -0.2) is 4.79 Å². The normalized spacial score (nSPS) is 10.7. The van der Waals surface area contributed by atoms with Gasteiger partial charge in [0.2, 0.25) is 5.91 Å². The van der Waals surface area contributed by atoms with Gasteiger partial charge in [-0.1, -0.05) is 6.07 Å². The number of nitrogens with one attached hydrogen (secondary N) is 1. The summed E-state index contributed by atoms with van der Waals surface area (Å²) in [6.07, 6.45) is 3.19. The van der Waals surface area contributed by atoms with Gasteiger partial charge in [-0.15, -0.1) is 0 Å². The number of methoxy groups -OCH3 is 1. The number of hydrogen-bond donors (Lipinski definition) is 1. The van der Waals surface area contributed by atoms with Crippen molar-refractivity contribution >= 4 is 17.6 Å². The van der Waals surface area contributed by atoms with Crippen LogP contribution in [0, 0.1) is 0 Å². The highest BCUT2D eigenvalue weighted by molar-refractivity contribution is 5.95. The summed E-state index contributed by atoms with van der Waals surface area (Å²) in [5.74, 6) is 0.836. The first-order chi connectivity index (χ1) is 13.1. The molecule has 0 radical (unpaired) electrons. The molecule has 7 heteroatoms. The second kappa shape index (κ2) is 8.86. The molecule has 140 valence electrons. The first-order valence-corrected chi connectivity index (χ1v) is 8.39. The molecule has 1 amide bonds. The number of anilines is 1. The predicted octanol–water partition coefficient (Wildman–Crippen LogP) is 3.30. The summed E-state index contributed by atoms with van der Waals surface area (Å²) < 4.78 is 15.5. The van der Waals surface area contributed by atoms with Gasteiger partial charge in [0.05, 0.1) is 44.8 Å². The van der Waals surface area contributed by atoms with Crippen molar-refractivity contribution < 1.29 is 23.2 Å². The molecule has 1 aromatic carbocycles. The van der Waals surface area contributed by atoms with Crippen LogP contribution in [-0.2, 0) is 22.6 Å². The Balaban J connectivity index is 1.65. The van der Waals surface area contributed by atoms with E-state index in [1.54, 1.807) is 48.9 Å². The van der Waals surface area contributed by atoms with Crippen molar-refractivity contribution in [3.63, 3.8) is 0 Å². The summed E-state index contributed by atoms with van der Waals surface area (Å²) in [4.78, 5) is 26.0. The summed E-state index contributed by atoms with van der Waals surface area (Å²) in [5.41, 5.74) is 0.900. The molecule has 27 heavy (non-hydrogen) atoms. The van der Waals surface area contributed by atoms with Gasteiger partial charge >= 0.3 is 5.97 Å². The minimum Gasteiger partial charge on any atom is -0.468 e. The van der Waals surface area contributed by atoms with Crippen molar-refractivity contribution in [3.05, 3.63) is 78.1 Å². The maximum absolute atomic E-state index is 12.5. The predicted molar refractivity (Wildman–Crippen MR) is 97.9 cm³/mol. The lowest BCUT2D eigenvalue weighted by atomic mass is 10.2. The zero-order valence-electron chi connectivity index (χ0n) is 14.9. The van der Waals surface area contributed by atoms with Crippen LogP contribution < -0.4 is 5.32 Å². The van der Waals surface area contributed by atoms with E-state index in [-0.39, 0.29) is 12.5 Å². The lowest BCUT2D eigenvalue weighted by Crippen LogP contribution is -2.32. The number of amides is 1. The van der Waals surface area contributed by atoms with Crippen LogP contribution in [0.25, 0.3) is 0 Å². The molecule has 0 aliphatic rings. The van der Waals surface area contributed by atoms with Crippen LogP contribution in [0.3, 0.4) is 0 Å². The molecule has 0 spiro atoms. The zero-order chi connectivity index (χ0) is 19.1. The molecular formula is C20H20N2O5. The Morgan fingerprint density at radius 1 is 1.00 bits per heavy atom. The van der Waals surface area contributed by atoms with Gasteiger partial charge in [-0.2, -0.15) is 0 Å². The molecule has 2 aromatic heterocycles. The quantitative estimate of drug-likeness (QED) is 0.614. The summed E-state index contributed by atoms with van der Waals surface area (Å²) in [6, 6.07) is 13.9. The van der Waals surface area contributed by atoms with Gasteiger partial charge < -0.3 is 18.9 Å². The topological polar surface area (TPSA) is 84.9 Å². The Morgan fingerprint density at radius 3 is 2.22 bits per heavy atom. The monoisotopic (exact) mass is 368 g/mol. The molecule has 7 nitrogen and oxygen atoms in total. The Morgan fingerprint density at radius 2 is 1.67 bits per heavy atom. The van der Waals surface area contributed by atoms with Crippen LogP contribution in [0.15, 0.2) is 69.9 Å². The maximum Gasteiger partial charge on any atom is 0.337 e. The summed E-state index contributed by atoms with van der Waals surface area (Å²) in [5, 5.41) is 2.80. The van der Waals surface area contributed by atoms with Crippen molar-refractivity contribution in [1.29, 1.82) is 0 Å². The molecule has 0 aliphatic carbocycles. The molecule has 0 saturated heterocycles. The number of benzene rings is 1.